The van der Waals surface area contributed by atoms with Crippen LogP contribution in [0.2, 0.25) is 0 Å². The van der Waals surface area contributed by atoms with E-state index in [2.05, 4.69) is 81.5 Å². The average Bonchev–Trinajstić information content (AvgIpc) is 3.40. The minimum atomic E-state index is -0.783. The maximum atomic E-state index is 12.9. The smallest absolute Gasteiger partial charge is 0.306 e. The predicted octanol–water partition coefficient (Wildman–Crippen LogP) is 21.9. The van der Waals surface area contributed by atoms with Crippen molar-refractivity contribution in [3.63, 3.8) is 0 Å². The topological polar surface area (TPSA) is 78.9 Å². The summed E-state index contributed by atoms with van der Waals surface area (Å²) in [5, 5.41) is 0. The van der Waals surface area contributed by atoms with Crippen molar-refractivity contribution >= 4 is 17.9 Å². The lowest BCUT2D eigenvalue weighted by atomic mass is 10.1. The first-order valence-electron chi connectivity index (χ1n) is 32.3. The second-order valence-corrected chi connectivity index (χ2v) is 21.6. The van der Waals surface area contributed by atoms with Gasteiger partial charge in [0, 0.05) is 19.3 Å². The van der Waals surface area contributed by atoms with Crippen LogP contribution in [0.3, 0.4) is 0 Å². The fraction of sp³-hybridized carbons (Fsp3) is 0.809. The monoisotopic (exact) mass is 1030 g/mol. The van der Waals surface area contributed by atoms with Crippen LogP contribution in [0.1, 0.15) is 335 Å². The molecule has 0 aromatic carbocycles. The molecule has 1 unspecified atom stereocenters. The van der Waals surface area contributed by atoms with Crippen LogP contribution in [0.4, 0.5) is 0 Å². The number of carbonyl (C=O) groups excluding carboxylic acids is 3. The van der Waals surface area contributed by atoms with E-state index in [-0.39, 0.29) is 31.1 Å². The van der Waals surface area contributed by atoms with Crippen LogP contribution in [0.5, 0.6) is 0 Å². The minimum Gasteiger partial charge on any atom is -0.462 e. The van der Waals surface area contributed by atoms with Crippen molar-refractivity contribution in [3.8, 4) is 0 Å². The summed E-state index contributed by atoms with van der Waals surface area (Å²) in [5.74, 6) is -0.879. The first-order valence-corrected chi connectivity index (χ1v) is 32.3. The SMILES string of the molecule is CC/C=C\C/C=C\C/C=C\CCCCCCCCCCCC(=O)OCC(COC(=O)CCCCCCC/C=C\CCCCCCCCCCC)OC(=O)CCCCCCCCC/C=C\CCCCCCCCCC. The Bertz CT molecular complexity index is 1330. The lowest BCUT2D eigenvalue weighted by molar-refractivity contribution is -0.167. The molecule has 0 aromatic rings. The molecule has 0 amide bonds. The molecule has 0 saturated carbocycles. The first-order chi connectivity index (χ1) is 36.5. The van der Waals surface area contributed by atoms with Gasteiger partial charge in [-0.05, 0) is 103 Å². The van der Waals surface area contributed by atoms with Gasteiger partial charge in [0.1, 0.15) is 13.2 Å². The molecular formula is C68H122O6. The van der Waals surface area contributed by atoms with Gasteiger partial charge in [-0.2, -0.15) is 0 Å². The third kappa shape index (κ3) is 60.0. The molecule has 0 heterocycles. The van der Waals surface area contributed by atoms with E-state index in [1.807, 2.05) is 0 Å². The van der Waals surface area contributed by atoms with Crippen LogP contribution in [-0.2, 0) is 28.6 Å². The number of hydrogen-bond acceptors (Lipinski definition) is 6. The lowest BCUT2D eigenvalue weighted by Crippen LogP contribution is -2.30. The summed E-state index contributed by atoms with van der Waals surface area (Å²) in [5.41, 5.74) is 0. The summed E-state index contributed by atoms with van der Waals surface area (Å²) in [4.78, 5) is 38.3. The van der Waals surface area contributed by atoms with E-state index in [0.29, 0.717) is 19.3 Å². The Labute approximate surface area is 460 Å². The van der Waals surface area contributed by atoms with Crippen molar-refractivity contribution in [2.45, 2.75) is 341 Å². The molecule has 0 aromatic heterocycles. The summed E-state index contributed by atoms with van der Waals surface area (Å²) < 4.78 is 16.9. The minimum absolute atomic E-state index is 0.0797. The van der Waals surface area contributed by atoms with Crippen LogP contribution in [0, 0.1) is 0 Å². The molecule has 0 rings (SSSR count). The Morgan fingerprint density at radius 3 is 0.838 bits per heavy atom. The van der Waals surface area contributed by atoms with Gasteiger partial charge < -0.3 is 14.2 Å². The van der Waals surface area contributed by atoms with E-state index >= 15 is 0 Å². The maximum absolute atomic E-state index is 12.9. The molecule has 0 spiro atoms. The van der Waals surface area contributed by atoms with E-state index < -0.39 is 6.10 Å². The Hall–Kier alpha value is -2.89. The average molecular weight is 1040 g/mol. The molecule has 0 fully saturated rings. The second-order valence-electron chi connectivity index (χ2n) is 21.6. The number of esters is 3. The van der Waals surface area contributed by atoms with Crippen LogP contribution >= 0.6 is 0 Å². The van der Waals surface area contributed by atoms with E-state index in [1.54, 1.807) is 0 Å². The van der Waals surface area contributed by atoms with Gasteiger partial charge >= 0.3 is 17.9 Å². The second kappa shape index (κ2) is 62.6. The lowest BCUT2D eigenvalue weighted by Gasteiger charge is -2.18. The van der Waals surface area contributed by atoms with E-state index in [0.717, 1.165) is 83.5 Å². The number of hydrogen-bond donors (Lipinski definition) is 0. The van der Waals surface area contributed by atoms with Crippen molar-refractivity contribution in [2.75, 3.05) is 13.2 Å². The van der Waals surface area contributed by atoms with Crippen LogP contribution in [-0.4, -0.2) is 37.2 Å². The largest absolute Gasteiger partial charge is 0.462 e. The molecule has 0 saturated heterocycles. The molecule has 0 radical (unpaired) electrons. The normalized spacial score (nSPS) is 12.4. The van der Waals surface area contributed by atoms with Crippen LogP contribution in [0.25, 0.3) is 0 Å². The van der Waals surface area contributed by atoms with Gasteiger partial charge in [-0.3, -0.25) is 14.4 Å². The molecule has 74 heavy (non-hydrogen) atoms. The van der Waals surface area contributed by atoms with Crippen molar-refractivity contribution in [1.82, 2.24) is 0 Å². The highest BCUT2D eigenvalue weighted by Gasteiger charge is 2.19. The highest BCUT2D eigenvalue weighted by molar-refractivity contribution is 5.71. The molecule has 0 aliphatic heterocycles. The standard InChI is InChI=1S/C68H122O6/c1-4-7-10-13-16-19-22-25-28-31-34-37-40-43-46-49-52-55-58-61-67(70)73-64-65(63-72-66(69)60-57-54-51-48-45-42-39-36-33-30-27-24-21-18-15-12-9-6-3)74-68(71)62-59-56-53-50-47-44-41-38-35-32-29-26-23-20-17-14-11-8-5-2/h7,10,16,19,25,28,32,35-36,39,65H,4-6,8-9,11-15,17-18,20-24,26-27,29-31,33-34,37-38,40-64H2,1-3H3/b10-7-,19-16-,28-25-,35-32-,39-36-. The zero-order valence-corrected chi connectivity index (χ0v) is 49.4. The number of allylic oxidation sites excluding steroid dienone is 10. The molecule has 6 heteroatoms. The Balaban J connectivity index is 4.38. The fourth-order valence-corrected chi connectivity index (χ4v) is 9.39. The van der Waals surface area contributed by atoms with E-state index in [4.69, 9.17) is 14.2 Å². The predicted molar refractivity (Wildman–Crippen MR) is 321 cm³/mol. The van der Waals surface area contributed by atoms with Crippen molar-refractivity contribution in [1.29, 1.82) is 0 Å². The number of rotatable bonds is 59. The van der Waals surface area contributed by atoms with Gasteiger partial charge in [0.05, 0.1) is 0 Å². The van der Waals surface area contributed by atoms with Gasteiger partial charge in [0.2, 0.25) is 0 Å². The quantitative estimate of drug-likeness (QED) is 0.0261. The highest BCUT2D eigenvalue weighted by Crippen LogP contribution is 2.16. The zero-order valence-electron chi connectivity index (χ0n) is 49.4. The summed E-state index contributed by atoms with van der Waals surface area (Å²) in [7, 11) is 0. The Morgan fingerprint density at radius 1 is 0.284 bits per heavy atom. The summed E-state index contributed by atoms with van der Waals surface area (Å²) in [6.45, 7) is 6.56. The summed E-state index contributed by atoms with van der Waals surface area (Å²) in [6.07, 6.45) is 79.4. The van der Waals surface area contributed by atoms with Gasteiger partial charge in [0.15, 0.2) is 6.10 Å². The molecule has 0 bridgehead atoms. The molecule has 0 aliphatic rings. The number of ether oxygens (including phenoxy) is 3. The van der Waals surface area contributed by atoms with Crippen molar-refractivity contribution < 1.29 is 28.6 Å². The molecular weight excluding hydrogens is 913 g/mol. The Kier molecular flexibility index (Phi) is 60.2. The highest BCUT2D eigenvalue weighted by atomic mass is 16.6. The summed E-state index contributed by atoms with van der Waals surface area (Å²) in [6, 6.07) is 0. The number of unbranched alkanes of at least 4 members (excludes halogenated alkanes) is 38. The Morgan fingerprint density at radius 2 is 0.527 bits per heavy atom. The number of carbonyl (C=O) groups is 3. The van der Waals surface area contributed by atoms with Gasteiger partial charge in [0.25, 0.3) is 0 Å². The molecule has 0 aliphatic carbocycles. The zero-order chi connectivity index (χ0) is 53.6. The molecule has 0 N–H and O–H groups in total. The van der Waals surface area contributed by atoms with Crippen LogP contribution in [0.15, 0.2) is 60.8 Å². The third-order valence-electron chi connectivity index (χ3n) is 14.2. The van der Waals surface area contributed by atoms with Gasteiger partial charge in [-0.1, -0.05) is 274 Å². The van der Waals surface area contributed by atoms with E-state index in [9.17, 15) is 14.4 Å². The first kappa shape index (κ1) is 71.1. The van der Waals surface area contributed by atoms with Crippen molar-refractivity contribution in [3.05, 3.63) is 60.8 Å². The third-order valence-corrected chi connectivity index (χ3v) is 14.2. The summed E-state index contributed by atoms with van der Waals surface area (Å²) >= 11 is 0. The fourth-order valence-electron chi connectivity index (χ4n) is 9.39. The molecule has 1 atom stereocenters. The molecule has 430 valence electrons. The maximum Gasteiger partial charge on any atom is 0.306 e. The molecule has 6 nitrogen and oxygen atoms in total. The van der Waals surface area contributed by atoms with Crippen LogP contribution < -0.4 is 0 Å². The van der Waals surface area contributed by atoms with Gasteiger partial charge in [-0.15, -0.1) is 0 Å². The van der Waals surface area contributed by atoms with E-state index in [1.165, 1.54) is 212 Å². The van der Waals surface area contributed by atoms with Crippen molar-refractivity contribution in [2.24, 2.45) is 0 Å². The van der Waals surface area contributed by atoms with Gasteiger partial charge in [-0.25, -0.2) is 0 Å².